The fourth-order valence-electron chi connectivity index (χ4n) is 2.93. The first-order valence-electron chi connectivity index (χ1n) is 8.90. The lowest BCUT2D eigenvalue weighted by Gasteiger charge is -2.15. The fourth-order valence-corrected chi connectivity index (χ4v) is 2.93. The van der Waals surface area contributed by atoms with Crippen LogP contribution in [-0.2, 0) is 13.1 Å². The molecule has 10 heteroatoms. The highest BCUT2D eigenvalue weighted by Crippen LogP contribution is 2.32. The molecule has 0 unspecified atom stereocenters. The van der Waals surface area contributed by atoms with Gasteiger partial charge in [0.2, 0.25) is 5.82 Å². The highest BCUT2D eigenvalue weighted by Gasteiger charge is 2.23. The van der Waals surface area contributed by atoms with Crippen molar-refractivity contribution in [3.05, 3.63) is 77.4 Å². The minimum absolute atomic E-state index is 0.0982. The fraction of sp³-hybridized carbons (Fsp3) is 0.150. The van der Waals surface area contributed by atoms with Crippen LogP contribution in [-0.4, -0.2) is 32.1 Å². The third-order valence-corrected chi connectivity index (χ3v) is 4.50. The van der Waals surface area contributed by atoms with Crippen molar-refractivity contribution in [3.8, 4) is 17.2 Å². The van der Waals surface area contributed by atoms with Crippen molar-refractivity contribution in [2.24, 2.45) is 0 Å². The summed E-state index contributed by atoms with van der Waals surface area (Å²) in [6.45, 7) is 0.936. The first-order valence-corrected chi connectivity index (χ1v) is 8.90. The molecule has 0 atom stereocenters. The molecule has 2 heterocycles. The highest BCUT2D eigenvalue weighted by atomic mass is 19.2. The molecule has 2 aromatic heterocycles. The Bertz CT molecular complexity index is 1180. The maximum Gasteiger partial charge on any atom is 0.266 e. The summed E-state index contributed by atoms with van der Waals surface area (Å²) < 4.78 is 47.7. The predicted octanol–water partition coefficient (Wildman–Crippen LogP) is 3.74. The van der Waals surface area contributed by atoms with E-state index in [9.17, 15) is 18.3 Å². The van der Waals surface area contributed by atoms with Crippen LogP contribution in [0.4, 0.5) is 19.1 Å². The average Bonchev–Trinajstić information content (AvgIpc) is 3.40. The number of nitrogens with zero attached hydrogens (tertiary/aromatic N) is 5. The molecule has 0 saturated heterocycles. The molecule has 0 aliphatic carbocycles. The van der Waals surface area contributed by atoms with Crippen LogP contribution in [0.15, 0.2) is 53.2 Å². The Morgan fingerprint density at radius 3 is 2.63 bits per heavy atom. The van der Waals surface area contributed by atoms with Crippen LogP contribution in [0.5, 0.6) is 5.75 Å². The van der Waals surface area contributed by atoms with Gasteiger partial charge in [0.25, 0.3) is 11.8 Å². The molecule has 4 rings (SSSR count). The van der Waals surface area contributed by atoms with Gasteiger partial charge in [-0.25, -0.2) is 8.78 Å². The summed E-state index contributed by atoms with van der Waals surface area (Å²) in [7, 11) is 1.69. The molecule has 2 aromatic carbocycles. The summed E-state index contributed by atoms with van der Waals surface area (Å²) in [5.74, 6) is -6.22. The van der Waals surface area contributed by atoms with Gasteiger partial charge in [0, 0.05) is 13.2 Å². The number of hydrogen-bond acceptors (Lipinski definition) is 6. The number of hydrogen-bond donors (Lipinski definition) is 1. The third kappa shape index (κ3) is 3.71. The molecule has 1 N–H and O–H groups in total. The Balaban J connectivity index is 1.54. The van der Waals surface area contributed by atoms with E-state index in [4.69, 9.17) is 4.52 Å². The zero-order valence-corrected chi connectivity index (χ0v) is 15.8. The number of halogens is 3. The van der Waals surface area contributed by atoms with Crippen molar-refractivity contribution in [3.63, 3.8) is 0 Å². The van der Waals surface area contributed by atoms with E-state index in [-0.39, 0.29) is 11.8 Å². The number of aromatic hydroxyl groups is 1. The Labute approximate surface area is 169 Å². The van der Waals surface area contributed by atoms with Gasteiger partial charge in [-0.3, -0.25) is 4.68 Å². The molecule has 0 saturated carbocycles. The van der Waals surface area contributed by atoms with Crippen LogP contribution in [0.2, 0.25) is 0 Å². The minimum atomic E-state index is -1.68. The molecule has 0 aliphatic rings. The van der Waals surface area contributed by atoms with Gasteiger partial charge < -0.3 is 14.5 Å². The van der Waals surface area contributed by atoms with E-state index in [1.165, 1.54) is 0 Å². The van der Waals surface area contributed by atoms with E-state index in [1.807, 2.05) is 41.1 Å². The second-order valence-electron chi connectivity index (χ2n) is 6.60. The number of benzene rings is 2. The normalized spacial score (nSPS) is 11.1. The van der Waals surface area contributed by atoms with Crippen LogP contribution in [0.3, 0.4) is 0 Å². The number of rotatable bonds is 6. The average molecular weight is 415 g/mol. The molecular weight excluding hydrogens is 399 g/mol. The van der Waals surface area contributed by atoms with Crippen molar-refractivity contribution in [1.29, 1.82) is 0 Å². The first kappa shape index (κ1) is 19.5. The molecule has 0 aliphatic heterocycles. The molecule has 0 spiro atoms. The van der Waals surface area contributed by atoms with Crippen LogP contribution >= 0.6 is 0 Å². The third-order valence-electron chi connectivity index (χ3n) is 4.50. The smallest absolute Gasteiger partial charge is 0.266 e. The van der Waals surface area contributed by atoms with Gasteiger partial charge in [0.1, 0.15) is 0 Å². The van der Waals surface area contributed by atoms with Crippen LogP contribution < -0.4 is 4.90 Å². The Hall–Kier alpha value is -3.82. The second kappa shape index (κ2) is 7.90. The molecule has 0 radical (unpaired) electrons. The van der Waals surface area contributed by atoms with Gasteiger partial charge >= 0.3 is 0 Å². The van der Waals surface area contributed by atoms with Gasteiger partial charge in [-0.1, -0.05) is 30.3 Å². The second-order valence-corrected chi connectivity index (χ2v) is 6.60. The van der Waals surface area contributed by atoms with E-state index >= 15 is 0 Å². The van der Waals surface area contributed by atoms with Crippen LogP contribution in [0.1, 0.15) is 11.3 Å². The molecule has 154 valence electrons. The van der Waals surface area contributed by atoms with Crippen molar-refractivity contribution in [1.82, 2.24) is 19.9 Å². The standard InChI is InChI=1S/C20H16F3N5O2/c1-27(11-13-7-8-24-28(13)10-12-5-3-2-4-6-12)20-25-19(30-26-20)14-9-15(21)17(23)18(29)16(14)22/h2-9,29H,10-11H2,1H3. The lowest BCUT2D eigenvalue weighted by Crippen LogP contribution is -2.20. The van der Waals surface area contributed by atoms with Gasteiger partial charge in [0.05, 0.1) is 24.3 Å². The summed E-state index contributed by atoms with van der Waals surface area (Å²) in [5, 5.41) is 17.4. The molecular formula is C20H16F3N5O2. The largest absolute Gasteiger partial charge is 0.503 e. The van der Waals surface area contributed by atoms with Crippen molar-refractivity contribution < 1.29 is 22.8 Å². The number of phenols is 1. The van der Waals surface area contributed by atoms with Crippen LogP contribution in [0, 0.1) is 17.5 Å². The van der Waals surface area contributed by atoms with E-state index in [0.29, 0.717) is 19.2 Å². The van der Waals surface area contributed by atoms with E-state index in [1.54, 1.807) is 18.1 Å². The highest BCUT2D eigenvalue weighted by molar-refractivity contribution is 5.58. The maximum atomic E-state index is 14.1. The number of anilines is 1. The van der Waals surface area contributed by atoms with Crippen molar-refractivity contribution >= 4 is 5.95 Å². The summed E-state index contributed by atoms with van der Waals surface area (Å²) in [6, 6.07) is 12.2. The monoisotopic (exact) mass is 415 g/mol. The molecule has 0 bridgehead atoms. The molecule has 7 nitrogen and oxygen atoms in total. The van der Waals surface area contributed by atoms with Crippen LogP contribution in [0.25, 0.3) is 11.5 Å². The number of phenolic OH excluding ortho intramolecular Hbond substituents is 1. The molecule has 0 amide bonds. The van der Waals surface area contributed by atoms with E-state index < -0.39 is 28.8 Å². The first-order chi connectivity index (χ1) is 14.4. The van der Waals surface area contributed by atoms with Crippen molar-refractivity contribution in [2.75, 3.05) is 11.9 Å². The maximum absolute atomic E-state index is 14.1. The Morgan fingerprint density at radius 2 is 1.87 bits per heavy atom. The quantitative estimate of drug-likeness (QED) is 0.484. The topological polar surface area (TPSA) is 80.2 Å². The summed E-state index contributed by atoms with van der Waals surface area (Å²) >= 11 is 0. The SMILES string of the molecule is CN(Cc1ccnn1Cc1ccccc1)c1noc(-c2cc(F)c(F)c(O)c2F)n1. The Morgan fingerprint density at radius 1 is 1.10 bits per heavy atom. The lowest BCUT2D eigenvalue weighted by atomic mass is 10.2. The van der Waals surface area contributed by atoms with Crippen molar-refractivity contribution in [2.45, 2.75) is 13.1 Å². The van der Waals surface area contributed by atoms with Gasteiger partial charge in [-0.05, 0) is 22.9 Å². The summed E-state index contributed by atoms with van der Waals surface area (Å²) in [4.78, 5) is 5.65. The lowest BCUT2D eigenvalue weighted by molar-refractivity contribution is 0.374. The van der Waals surface area contributed by atoms with Gasteiger partial charge in [-0.2, -0.15) is 14.5 Å². The van der Waals surface area contributed by atoms with Gasteiger partial charge in [-0.15, -0.1) is 0 Å². The van der Waals surface area contributed by atoms with E-state index in [2.05, 4.69) is 15.2 Å². The molecule has 4 aromatic rings. The summed E-state index contributed by atoms with van der Waals surface area (Å²) in [6.07, 6.45) is 1.67. The minimum Gasteiger partial charge on any atom is -0.503 e. The molecule has 0 fully saturated rings. The number of aromatic nitrogens is 4. The zero-order chi connectivity index (χ0) is 21.3. The predicted molar refractivity (Wildman–Crippen MR) is 101 cm³/mol. The van der Waals surface area contributed by atoms with E-state index in [0.717, 1.165) is 11.3 Å². The zero-order valence-electron chi connectivity index (χ0n) is 15.8. The molecule has 30 heavy (non-hydrogen) atoms. The Kier molecular flexibility index (Phi) is 5.13. The summed E-state index contributed by atoms with van der Waals surface area (Å²) in [5.41, 5.74) is 1.41. The van der Waals surface area contributed by atoms with Gasteiger partial charge in [0.15, 0.2) is 17.4 Å².